The topological polar surface area (TPSA) is 24.7 Å². The maximum absolute atomic E-state index is 12.6. The van der Waals surface area contributed by atoms with Gasteiger partial charge < -0.3 is 0 Å². The van der Waals surface area contributed by atoms with Gasteiger partial charge in [0.15, 0.2) is 11.4 Å². The second-order valence-corrected chi connectivity index (χ2v) is 4.51. The Kier molecular flexibility index (Phi) is 2.50. The number of rotatable bonds is 1. The summed E-state index contributed by atoms with van der Waals surface area (Å²) >= 11 is 0. The van der Waals surface area contributed by atoms with Crippen molar-refractivity contribution >= 4 is 11.4 Å². The molecule has 2 rings (SSSR count). The molecule has 3 nitrogen and oxygen atoms in total. The first kappa shape index (κ1) is 12.0. The van der Waals surface area contributed by atoms with Gasteiger partial charge in [-0.1, -0.05) is 5.11 Å². The number of alkyl halides is 3. The van der Waals surface area contributed by atoms with Crippen LogP contribution in [0.25, 0.3) is 0 Å². The van der Waals surface area contributed by atoms with Gasteiger partial charge >= 0.3 is 6.18 Å². The number of fused-ring (bicyclic) bond motifs is 1. The van der Waals surface area contributed by atoms with Crippen LogP contribution in [-0.4, -0.2) is 13.1 Å². The molecule has 0 amide bonds. The molecule has 0 fully saturated rings. The Morgan fingerprint density at radius 2 is 1.88 bits per heavy atom. The lowest BCUT2D eigenvalue weighted by atomic mass is 10.1. The fourth-order valence-corrected chi connectivity index (χ4v) is 1.72. The summed E-state index contributed by atoms with van der Waals surface area (Å²) in [6.07, 6.45) is -4.33. The number of quaternary nitrogens is 1. The molecule has 1 aliphatic rings. The van der Waals surface area contributed by atoms with Gasteiger partial charge in [0, 0.05) is 11.3 Å². The van der Waals surface area contributed by atoms with Crippen LogP contribution in [0.1, 0.15) is 19.4 Å². The smallest absolute Gasteiger partial charge is 0.166 e. The molecular formula is C11H13F3N3+. The van der Waals surface area contributed by atoms with Gasteiger partial charge in [-0.15, -0.1) is 4.59 Å². The van der Waals surface area contributed by atoms with E-state index in [1.165, 1.54) is 6.07 Å². The van der Waals surface area contributed by atoms with Gasteiger partial charge in [0.05, 0.1) is 5.56 Å². The van der Waals surface area contributed by atoms with Crippen molar-refractivity contribution < 1.29 is 13.2 Å². The Morgan fingerprint density at radius 3 is 2.41 bits per heavy atom. The van der Waals surface area contributed by atoms with E-state index in [0.717, 1.165) is 12.1 Å². The van der Waals surface area contributed by atoms with Crippen molar-refractivity contribution in [2.45, 2.75) is 26.1 Å². The van der Waals surface area contributed by atoms with Gasteiger partial charge in [-0.25, -0.2) is 0 Å². The summed E-state index contributed by atoms with van der Waals surface area (Å²) in [7, 11) is 1.75. The normalized spacial score (nSPS) is 23.2. The van der Waals surface area contributed by atoms with Crippen molar-refractivity contribution in [2.75, 3.05) is 7.05 Å². The summed E-state index contributed by atoms with van der Waals surface area (Å²) in [5.74, 6) is 0. The first-order valence-electron chi connectivity index (χ1n) is 5.26. The third-order valence-corrected chi connectivity index (χ3v) is 3.13. The fourth-order valence-electron chi connectivity index (χ4n) is 1.72. The number of hydrogen-bond acceptors (Lipinski definition) is 2. The molecule has 0 aliphatic carbocycles. The average molecular weight is 244 g/mol. The molecule has 6 heteroatoms. The summed E-state index contributed by atoms with van der Waals surface area (Å²) in [5, 5.41) is 7.98. The largest absolute Gasteiger partial charge is 0.416 e. The first-order chi connectivity index (χ1) is 7.75. The number of benzene rings is 1. The predicted molar refractivity (Wildman–Crippen MR) is 58.8 cm³/mol. The van der Waals surface area contributed by atoms with Crippen LogP contribution in [0.3, 0.4) is 0 Å². The van der Waals surface area contributed by atoms with Crippen molar-refractivity contribution in [3.63, 3.8) is 0 Å². The van der Waals surface area contributed by atoms with E-state index in [2.05, 4.69) is 10.3 Å². The minimum absolute atomic E-state index is 0.0310. The molecule has 92 valence electrons. The van der Waals surface area contributed by atoms with Gasteiger partial charge in [-0.2, -0.15) is 13.2 Å². The van der Waals surface area contributed by atoms with E-state index >= 15 is 0 Å². The lowest BCUT2D eigenvalue weighted by molar-refractivity contribution is -0.137. The van der Waals surface area contributed by atoms with Crippen molar-refractivity contribution in [2.24, 2.45) is 10.3 Å². The van der Waals surface area contributed by atoms with Gasteiger partial charge in [0.1, 0.15) is 13.1 Å². The second-order valence-electron chi connectivity index (χ2n) is 4.51. The van der Waals surface area contributed by atoms with Crippen LogP contribution >= 0.6 is 0 Å². The molecule has 1 atom stereocenters. The highest BCUT2D eigenvalue weighted by molar-refractivity contribution is 5.67. The van der Waals surface area contributed by atoms with Crippen LogP contribution in [0, 0.1) is 0 Å². The number of hydrogen-bond donors (Lipinski definition) is 0. The molecule has 0 radical (unpaired) electrons. The minimum atomic E-state index is -4.33. The van der Waals surface area contributed by atoms with Crippen LogP contribution in [-0.2, 0) is 6.18 Å². The van der Waals surface area contributed by atoms with Crippen LogP contribution < -0.4 is 4.59 Å². The highest BCUT2D eigenvalue weighted by Crippen LogP contribution is 2.44. The Bertz CT molecular complexity index is 479. The molecule has 0 saturated carbocycles. The van der Waals surface area contributed by atoms with Crippen molar-refractivity contribution in [1.29, 1.82) is 0 Å². The third kappa shape index (κ3) is 1.82. The molecule has 17 heavy (non-hydrogen) atoms. The molecule has 0 saturated heterocycles. The Morgan fingerprint density at radius 1 is 1.24 bits per heavy atom. The first-order valence-corrected chi connectivity index (χ1v) is 5.26. The molecule has 0 N–H and O–H groups in total. The van der Waals surface area contributed by atoms with Gasteiger partial charge in [0.2, 0.25) is 0 Å². The van der Waals surface area contributed by atoms with Crippen molar-refractivity contribution in [3.8, 4) is 0 Å². The summed E-state index contributed by atoms with van der Waals surface area (Å²) < 4.78 is 38.0. The maximum Gasteiger partial charge on any atom is 0.416 e. The average Bonchev–Trinajstić information content (AvgIpc) is 2.56. The molecule has 0 spiro atoms. The zero-order valence-corrected chi connectivity index (χ0v) is 9.78. The highest BCUT2D eigenvalue weighted by atomic mass is 19.4. The van der Waals surface area contributed by atoms with Crippen molar-refractivity contribution in [1.82, 2.24) is 4.59 Å². The van der Waals surface area contributed by atoms with E-state index < -0.39 is 11.7 Å². The number of halogens is 3. The summed E-state index contributed by atoms with van der Waals surface area (Å²) in [5.41, 5.74) is 0.345. The van der Waals surface area contributed by atoms with Gasteiger partial charge in [0.25, 0.3) is 0 Å². The Labute approximate surface area is 97.1 Å². The maximum atomic E-state index is 12.6. The lowest BCUT2D eigenvalue weighted by Gasteiger charge is -2.26. The Hall–Kier alpha value is -1.43. The van der Waals surface area contributed by atoms with Gasteiger partial charge in [-0.3, -0.25) is 0 Å². The van der Waals surface area contributed by atoms with Crippen molar-refractivity contribution in [3.05, 3.63) is 23.8 Å². The summed E-state index contributed by atoms with van der Waals surface area (Å²) in [4.78, 5) is 0. The van der Waals surface area contributed by atoms with E-state index in [1.807, 2.05) is 13.8 Å². The quantitative estimate of drug-likeness (QED) is 0.665. The predicted octanol–water partition coefficient (Wildman–Crippen LogP) is 4.06. The SMILES string of the molecule is CC(C)[N+]1(C)N=Nc2ccc(C(F)(F)F)cc21. The van der Waals surface area contributed by atoms with E-state index in [0.29, 0.717) is 11.4 Å². The molecule has 0 bridgehead atoms. The molecule has 1 heterocycles. The molecule has 1 aliphatic heterocycles. The summed E-state index contributed by atoms with van der Waals surface area (Å²) in [6, 6.07) is 3.57. The van der Waals surface area contributed by atoms with E-state index in [4.69, 9.17) is 0 Å². The van der Waals surface area contributed by atoms with Crippen LogP contribution in [0.15, 0.2) is 28.5 Å². The van der Waals surface area contributed by atoms with Crippen LogP contribution in [0.4, 0.5) is 24.5 Å². The lowest BCUT2D eigenvalue weighted by Crippen LogP contribution is -2.44. The third-order valence-electron chi connectivity index (χ3n) is 3.13. The summed E-state index contributed by atoms with van der Waals surface area (Å²) in [6.45, 7) is 3.79. The zero-order chi connectivity index (χ0) is 12.8. The standard InChI is InChI=1S/C11H13F3N3/c1-7(2)17(3)10-6-8(11(12,13)14)4-5-9(10)15-16-17/h4-7H,1-3H3/q+1. The number of nitrogens with zero attached hydrogens (tertiary/aromatic N) is 3. The van der Waals surface area contributed by atoms with E-state index in [1.54, 1.807) is 7.05 Å². The second kappa shape index (κ2) is 3.53. The molecule has 1 unspecified atom stereocenters. The monoisotopic (exact) mass is 244 g/mol. The molecular weight excluding hydrogens is 231 g/mol. The molecule has 1 aromatic rings. The fraction of sp³-hybridized carbons (Fsp3) is 0.455. The molecule has 0 aromatic heterocycles. The van der Waals surface area contributed by atoms with Gasteiger partial charge in [-0.05, 0) is 26.0 Å². The minimum Gasteiger partial charge on any atom is -0.166 e. The van der Waals surface area contributed by atoms with E-state index in [9.17, 15) is 13.2 Å². The molecule has 1 aromatic carbocycles. The highest BCUT2D eigenvalue weighted by Gasteiger charge is 2.40. The van der Waals surface area contributed by atoms with Crippen LogP contribution in [0.5, 0.6) is 0 Å². The zero-order valence-electron chi connectivity index (χ0n) is 9.78. The Balaban J connectivity index is 2.55. The van der Waals surface area contributed by atoms with E-state index in [-0.39, 0.29) is 10.6 Å². The van der Waals surface area contributed by atoms with Crippen LogP contribution in [0.2, 0.25) is 0 Å².